The van der Waals surface area contributed by atoms with E-state index in [1.807, 2.05) is 13.0 Å². The third-order valence-corrected chi connectivity index (χ3v) is 3.67. The van der Waals surface area contributed by atoms with Gasteiger partial charge in [-0.1, -0.05) is 0 Å². The summed E-state index contributed by atoms with van der Waals surface area (Å²) in [5.41, 5.74) is -0.917. The molecule has 1 N–H and O–H groups in total. The molecular formula is C14H21NO3S. The second kappa shape index (κ2) is 6.30. The average Bonchev–Trinajstić information content (AvgIpc) is 2.69. The van der Waals surface area contributed by atoms with Crippen LogP contribution in [0, 0.1) is 6.92 Å². The maximum absolute atomic E-state index is 11.9. The number of thiophene rings is 1. The highest BCUT2D eigenvalue weighted by Crippen LogP contribution is 2.17. The molecule has 19 heavy (non-hydrogen) atoms. The minimum Gasteiger partial charge on any atom is -0.389 e. The number of ketones is 1. The minimum atomic E-state index is -0.917. The number of carbonyl (C=O) groups excluding carboxylic acids is 2. The number of amides is 1. The quantitative estimate of drug-likeness (QED) is 0.815. The third kappa shape index (κ3) is 5.53. The predicted molar refractivity (Wildman–Crippen MR) is 76.6 cm³/mol. The zero-order chi connectivity index (χ0) is 14.6. The molecule has 0 bridgehead atoms. The molecule has 0 aliphatic heterocycles. The molecule has 1 aromatic rings. The van der Waals surface area contributed by atoms with Gasteiger partial charge in [0.15, 0.2) is 5.78 Å². The van der Waals surface area contributed by atoms with Crippen LogP contribution in [0.3, 0.4) is 0 Å². The lowest BCUT2D eigenvalue weighted by Gasteiger charge is -2.25. The molecular weight excluding hydrogens is 262 g/mol. The number of hydrogen-bond acceptors (Lipinski definition) is 4. The van der Waals surface area contributed by atoms with Crippen LogP contribution in [-0.2, 0) is 4.79 Å². The molecule has 1 aromatic heterocycles. The average molecular weight is 283 g/mol. The van der Waals surface area contributed by atoms with Crippen LogP contribution >= 0.6 is 11.3 Å². The summed E-state index contributed by atoms with van der Waals surface area (Å²) in [4.78, 5) is 26.9. The number of nitrogens with zero attached hydrogens (tertiary/aromatic N) is 1. The Labute approximate surface area is 118 Å². The summed E-state index contributed by atoms with van der Waals surface area (Å²) >= 11 is 1.45. The number of hydrogen-bond donors (Lipinski definition) is 1. The number of rotatable bonds is 6. The molecule has 0 radical (unpaired) electrons. The lowest BCUT2D eigenvalue weighted by Crippen LogP contribution is -2.39. The third-order valence-electron chi connectivity index (χ3n) is 2.63. The summed E-state index contributed by atoms with van der Waals surface area (Å²) in [5, 5.41) is 9.64. The summed E-state index contributed by atoms with van der Waals surface area (Å²) < 4.78 is 0. The Morgan fingerprint density at radius 2 is 1.95 bits per heavy atom. The molecule has 0 spiro atoms. The van der Waals surface area contributed by atoms with E-state index in [1.165, 1.54) is 16.2 Å². The Balaban J connectivity index is 2.44. The first kappa shape index (κ1) is 15.9. The highest BCUT2D eigenvalue weighted by Gasteiger charge is 2.20. The van der Waals surface area contributed by atoms with E-state index in [2.05, 4.69) is 0 Å². The van der Waals surface area contributed by atoms with Crippen LogP contribution in [0.2, 0.25) is 0 Å². The van der Waals surface area contributed by atoms with E-state index in [9.17, 15) is 14.7 Å². The van der Waals surface area contributed by atoms with Gasteiger partial charge in [-0.05, 0) is 32.9 Å². The molecule has 0 atom stereocenters. The summed E-state index contributed by atoms with van der Waals surface area (Å²) in [7, 11) is 1.64. The molecule has 0 aliphatic carbocycles. The van der Waals surface area contributed by atoms with Gasteiger partial charge in [0.2, 0.25) is 5.91 Å². The van der Waals surface area contributed by atoms with E-state index in [4.69, 9.17) is 0 Å². The molecule has 0 saturated heterocycles. The number of aryl methyl sites for hydroxylation is 1. The van der Waals surface area contributed by atoms with E-state index in [-0.39, 0.29) is 31.1 Å². The van der Waals surface area contributed by atoms with Gasteiger partial charge in [0, 0.05) is 31.3 Å². The topological polar surface area (TPSA) is 57.6 Å². The molecule has 106 valence electrons. The van der Waals surface area contributed by atoms with E-state index in [0.717, 1.165) is 4.88 Å². The fourth-order valence-corrected chi connectivity index (χ4v) is 2.62. The summed E-state index contributed by atoms with van der Waals surface area (Å²) in [5.74, 6) is -0.119. The van der Waals surface area contributed by atoms with Gasteiger partial charge < -0.3 is 10.0 Å². The highest BCUT2D eigenvalue weighted by molar-refractivity contribution is 7.14. The summed E-state index contributed by atoms with van der Waals surface area (Å²) in [6.07, 6.45) is 0.400. The maximum atomic E-state index is 11.9. The van der Waals surface area contributed by atoms with Crippen molar-refractivity contribution in [2.24, 2.45) is 0 Å². The number of carbonyl (C=O) groups is 2. The second-order valence-corrected chi connectivity index (χ2v) is 6.68. The molecule has 0 aliphatic rings. The van der Waals surface area contributed by atoms with E-state index in [1.54, 1.807) is 27.0 Å². The standard InChI is InChI=1S/C14H21NO3S/c1-10-5-7-12(19-10)11(16)6-8-13(17)15(4)9-14(2,3)18/h5,7,18H,6,8-9H2,1-4H3. The SMILES string of the molecule is Cc1ccc(C(=O)CCC(=O)N(C)CC(C)(C)O)s1. The van der Waals surface area contributed by atoms with Crippen LogP contribution in [0.1, 0.15) is 41.2 Å². The maximum Gasteiger partial charge on any atom is 0.222 e. The molecule has 0 unspecified atom stereocenters. The van der Waals surface area contributed by atoms with Crippen molar-refractivity contribution >= 4 is 23.0 Å². The lowest BCUT2D eigenvalue weighted by atomic mass is 10.1. The van der Waals surface area contributed by atoms with Gasteiger partial charge in [0.05, 0.1) is 10.5 Å². The van der Waals surface area contributed by atoms with Gasteiger partial charge in [-0.15, -0.1) is 11.3 Å². The predicted octanol–water partition coefficient (Wildman–Crippen LogP) is 2.25. The van der Waals surface area contributed by atoms with Crippen molar-refractivity contribution in [1.29, 1.82) is 0 Å². The molecule has 1 amide bonds. The van der Waals surface area contributed by atoms with Crippen molar-refractivity contribution in [3.05, 3.63) is 21.9 Å². The first-order valence-corrected chi connectivity index (χ1v) is 7.06. The molecule has 1 heterocycles. The van der Waals surface area contributed by atoms with Gasteiger partial charge in [-0.25, -0.2) is 0 Å². The van der Waals surface area contributed by atoms with Crippen LogP contribution < -0.4 is 0 Å². The Morgan fingerprint density at radius 3 is 2.42 bits per heavy atom. The smallest absolute Gasteiger partial charge is 0.222 e. The largest absolute Gasteiger partial charge is 0.389 e. The van der Waals surface area contributed by atoms with Crippen LogP contribution in [0.4, 0.5) is 0 Å². The van der Waals surface area contributed by atoms with Crippen molar-refractivity contribution < 1.29 is 14.7 Å². The Kier molecular flexibility index (Phi) is 5.26. The van der Waals surface area contributed by atoms with Crippen LogP contribution in [0.5, 0.6) is 0 Å². The first-order valence-electron chi connectivity index (χ1n) is 6.25. The zero-order valence-electron chi connectivity index (χ0n) is 11.9. The normalized spacial score (nSPS) is 11.4. The number of Topliss-reactive ketones (excluding diaryl/α,β-unsaturated/α-hetero) is 1. The zero-order valence-corrected chi connectivity index (χ0v) is 12.7. The highest BCUT2D eigenvalue weighted by atomic mass is 32.1. The Hall–Kier alpha value is -1.20. The fraction of sp³-hybridized carbons (Fsp3) is 0.571. The van der Waals surface area contributed by atoms with Crippen LogP contribution in [-0.4, -0.2) is 40.9 Å². The van der Waals surface area contributed by atoms with Gasteiger partial charge in [0.1, 0.15) is 0 Å². The molecule has 4 nitrogen and oxygen atoms in total. The van der Waals surface area contributed by atoms with Gasteiger partial charge >= 0.3 is 0 Å². The molecule has 0 aromatic carbocycles. The van der Waals surface area contributed by atoms with E-state index < -0.39 is 5.60 Å². The van der Waals surface area contributed by atoms with Crippen molar-refractivity contribution in [3.8, 4) is 0 Å². The number of aliphatic hydroxyl groups is 1. The summed E-state index contributed by atoms with van der Waals surface area (Å²) in [6, 6.07) is 3.70. The van der Waals surface area contributed by atoms with Crippen molar-refractivity contribution in [2.45, 2.75) is 39.2 Å². The van der Waals surface area contributed by atoms with Crippen LogP contribution in [0.25, 0.3) is 0 Å². The minimum absolute atomic E-state index is 0.00288. The fourth-order valence-electron chi connectivity index (χ4n) is 1.79. The lowest BCUT2D eigenvalue weighted by molar-refractivity contribution is -0.132. The molecule has 1 rings (SSSR count). The molecule has 5 heteroatoms. The Morgan fingerprint density at radius 1 is 1.32 bits per heavy atom. The van der Waals surface area contributed by atoms with Crippen molar-refractivity contribution in [2.75, 3.05) is 13.6 Å². The first-order chi connectivity index (χ1) is 8.69. The van der Waals surface area contributed by atoms with Gasteiger partial charge in [0.25, 0.3) is 0 Å². The monoisotopic (exact) mass is 283 g/mol. The van der Waals surface area contributed by atoms with Crippen LogP contribution in [0.15, 0.2) is 12.1 Å². The van der Waals surface area contributed by atoms with E-state index >= 15 is 0 Å². The van der Waals surface area contributed by atoms with Gasteiger partial charge in [-0.3, -0.25) is 9.59 Å². The summed E-state index contributed by atoms with van der Waals surface area (Å²) in [6.45, 7) is 5.51. The molecule has 0 saturated carbocycles. The van der Waals surface area contributed by atoms with Gasteiger partial charge in [-0.2, -0.15) is 0 Å². The van der Waals surface area contributed by atoms with Crippen molar-refractivity contribution in [1.82, 2.24) is 4.90 Å². The Bertz CT molecular complexity index is 460. The second-order valence-electron chi connectivity index (χ2n) is 5.40. The van der Waals surface area contributed by atoms with Crippen molar-refractivity contribution in [3.63, 3.8) is 0 Å². The molecule has 0 fully saturated rings. The number of likely N-dealkylation sites (N-methyl/N-ethyl adjacent to an activating group) is 1. The van der Waals surface area contributed by atoms with E-state index in [0.29, 0.717) is 4.88 Å².